The van der Waals surface area contributed by atoms with Crippen LogP contribution >= 0.6 is 0 Å². The average Bonchev–Trinajstić information content (AvgIpc) is 3.22. The molecule has 0 amide bonds. The Morgan fingerprint density at radius 3 is 2.79 bits per heavy atom. The number of aromatic nitrogens is 5. The quantitative estimate of drug-likeness (QED) is 0.590. The van der Waals surface area contributed by atoms with Gasteiger partial charge in [-0.3, -0.25) is 4.72 Å². The molecule has 0 atom stereocenters. The zero-order valence-electron chi connectivity index (χ0n) is 12.3. The van der Waals surface area contributed by atoms with E-state index >= 15 is 0 Å². The standard InChI is InChI=1S/C15H12N6O2S/c22-24(23,13-9-17-15-12(13)8-16-10-18-15)20-14-6-7-21(19-14)11-4-2-1-3-5-11/h1-10H,(H,19,20)(H,16,17,18). The Balaban J connectivity index is 1.66. The summed E-state index contributed by atoms with van der Waals surface area (Å²) in [6.45, 7) is 0. The number of para-hydroxylation sites is 1. The first-order valence-corrected chi connectivity index (χ1v) is 8.53. The molecule has 0 fully saturated rings. The summed E-state index contributed by atoms with van der Waals surface area (Å²) in [4.78, 5) is 10.7. The van der Waals surface area contributed by atoms with Crippen LogP contribution in [0, 0.1) is 0 Å². The molecule has 0 saturated heterocycles. The zero-order valence-corrected chi connectivity index (χ0v) is 13.1. The van der Waals surface area contributed by atoms with Gasteiger partial charge in [0, 0.05) is 24.7 Å². The third-order valence-corrected chi connectivity index (χ3v) is 4.85. The predicted octanol–water partition coefficient (Wildman–Crippen LogP) is 1.94. The highest BCUT2D eigenvalue weighted by Crippen LogP contribution is 2.22. The molecule has 0 saturated carbocycles. The normalized spacial score (nSPS) is 11.7. The van der Waals surface area contributed by atoms with E-state index in [0.29, 0.717) is 11.0 Å². The van der Waals surface area contributed by atoms with Crippen LogP contribution in [0.3, 0.4) is 0 Å². The molecule has 4 aromatic rings. The van der Waals surface area contributed by atoms with Crippen molar-refractivity contribution in [2.45, 2.75) is 4.90 Å². The number of sulfonamides is 1. The maximum Gasteiger partial charge on any atom is 0.265 e. The molecule has 0 bridgehead atoms. The van der Waals surface area contributed by atoms with Crippen LogP contribution in [0.25, 0.3) is 16.7 Å². The van der Waals surface area contributed by atoms with Crippen molar-refractivity contribution in [1.82, 2.24) is 24.7 Å². The first kappa shape index (κ1) is 14.4. The van der Waals surface area contributed by atoms with E-state index in [2.05, 4.69) is 24.8 Å². The van der Waals surface area contributed by atoms with Gasteiger partial charge >= 0.3 is 0 Å². The molecule has 0 spiro atoms. The summed E-state index contributed by atoms with van der Waals surface area (Å²) in [7, 11) is -3.80. The highest BCUT2D eigenvalue weighted by molar-refractivity contribution is 7.93. The molecule has 0 radical (unpaired) electrons. The summed E-state index contributed by atoms with van der Waals surface area (Å²) in [6.07, 6.45) is 5.88. The Morgan fingerprint density at radius 1 is 1.12 bits per heavy atom. The Kier molecular flexibility index (Phi) is 3.28. The molecule has 120 valence electrons. The molecule has 0 aliphatic carbocycles. The van der Waals surface area contributed by atoms with Crippen molar-refractivity contribution < 1.29 is 8.42 Å². The minimum atomic E-state index is -3.80. The van der Waals surface area contributed by atoms with Gasteiger partial charge in [0.2, 0.25) is 0 Å². The molecular formula is C15H12N6O2S. The van der Waals surface area contributed by atoms with Crippen molar-refractivity contribution >= 4 is 26.9 Å². The Labute approximate surface area is 137 Å². The Morgan fingerprint density at radius 2 is 1.96 bits per heavy atom. The van der Waals surface area contributed by atoms with Crippen LogP contribution in [0.5, 0.6) is 0 Å². The van der Waals surface area contributed by atoms with Gasteiger partial charge in [0.05, 0.1) is 11.1 Å². The number of anilines is 1. The summed E-state index contributed by atoms with van der Waals surface area (Å²) >= 11 is 0. The molecule has 3 aromatic heterocycles. The van der Waals surface area contributed by atoms with Gasteiger partial charge in [0.15, 0.2) is 5.82 Å². The molecular weight excluding hydrogens is 328 g/mol. The number of aromatic amines is 1. The Hall–Kier alpha value is -3.20. The molecule has 0 aliphatic heterocycles. The number of hydrogen-bond donors (Lipinski definition) is 2. The van der Waals surface area contributed by atoms with Crippen LogP contribution in [0.2, 0.25) is 0 Å². The number of fused-ring (bicyclic) bond motifs is 1. The van der Waals surface area contributed by atoms with Gasteiger partial charge in [0.25, 0.3) is 10.0 Å². The molecule has 9 heteroatoms. The number of nitrogens with zero attached hydrogens (tertiary/aromatic N) is 4. The third-order valence-electron chi connectivity index (χ3n) is 3.46. The van der Waals surface area contributed by atoms with Crippen molar-refractivity contribution in [3.8, 4) is 5.69 Å². The largest absolute Gasteiger partial charge is 0.345 e. The van der Waals surface area contributed by atoms with Crippen LogP contribution in [0.1, 0.15) is 0 Å². The van der Waals surface area contributed by atoms with Crippen molar-refractivity contribution in [3.05, 3.63) is 61.3 Å². The summed E-state index contributed by atoms with van der Waals surface area (Å²) < 4.78 is 29.2. The SMILES string of the molecule is O=S(=O)(Nc1ccn(-c2ccccc2)n1)c1c[nH]c2ncncc12. The van der Waals surface area contributed by atoms with E-state index in [-0.39, 0.29) is 10.7 Å². The number of hydrogen-bond acceptors (Lipinski definition) is 5. The van der Waals surface area contributed by atoms with Crippen LogP contribution in [-0.2, 0) is 10.0 Å². The van der Waals surface area contributed by atoms with Crippen molar-refractivity contribution in [3.63, 3.8) is 0 Å². The smallest absolute Gasteiger partial charge is 0.265 e. The number of rotatable bonds is 4. The summed E-state index contributed by atoms with van der Waals surface area (Å²) in [5.74, 6) is 0.227. The number of nitrogens with one attached hydrogen (secondary N) is 2. The summed E-state index contributed by atoms with van der Waals surface area (Å²) in [5, 5.41) is 4.66. The molecule has 0 aliphatic rings. The molecule has 24 heavy (non-hydrogen) atoms. The van der Waals surface area contributed by atoms with Gasteiger partial charge in [-0.05, 0) is 12.1 Å². The minimum absolute atomic E-state index is 0.0763. The van der Waals surface area contributed by atoms with Crippen LogP contribution in [0.4, 0.5) is 5.82 Å². The lowest BCUT2D eigenvalue weighted by Crippen LogP contribution is -2.13. The second-order valence-electron chi connectivity index (χ2n) is 5.02. The van der Waals surface area contributed by atoms with Crippen LogP contribution in [0.15, 0.2) is 66.2 Å². The molecule has 4 rings (SSSR count). The van der Waals surface area contributed by atoms with Crippen molar-refractivity contribution in [2.24, 2.45) is 0 Å². The lowest BCUT2D eigenvalue weighted by atomic mass is 10.3. The lowest BCUT2D eigenvalue weighted by molar-refractivity contribution is 0.601. The monoisotopic (exact) mass is 340 g/mol. The maximum atomic E-state index is 12.6. The second kappa shape index (κ2) is 5.46. The molecule has 2 N–H and O–H groups in total. The van der Waals surface area contributed by atoms with Crippen molar-refractivity contribution in [2.75, 3.05) is 4.72 Å². The van der Waals surface area contributed by atoms with E-state index in [1.54, 1.807) is 16.9 Å². The van der Waals surface area contributed by atoms with E-state index in [1.165, 1.54) is 18.7 Å². The highest BCUT2D eigenvalue weighted by Gasteiger charge is 2.20. The molecule has 1 aromatic carbocycles. The van der Waals surface area contributed by atoms with Crippen molar-refractivity contribution in [1.29, 1.82) is 0 Å². The van der Waals surface area contributed by atoms with Gasteiger partial charge < -0.3 is 4.98 Å². The number of H-pyrrole nitrogens is 1. The van der Waals surface area contributed by atoms with Gasteiger partial charge in [0.1, 0.15) is 16.9 Å². The first-order valence-electron chi connectivity index (χ1n) is 7.04. The van der Waals surface area contributed by atoms with E-state index < -0.39 is 10.0 Å². The molecule has 3 heterocycles. The fourth-order valence-corrected chi connectivity index (χ4v) is 3.50. The Bertz CT molecular complexity index is 1100. The highest BCUT2D eigenvalue weighted by atomic mass is 32.2. The number of benzene rings is 1. The molecule has 0 unspecified atom stereocenters. The fourth-order valence-electron chi connectivity index (χ4n) is 2.35. The van der Waals surface area contributed by atoms with E-state index in [1.807, 2.05) is 30.3 Å². The van der Waals surface area contributed by atoms with Gasteiger partial charge in [-0.15, -0.1) is 5.10 Å². The summed E-state index contributed by atoms with van der Waals surface area (Å²) in [5.41, 5.74) is 1.30. The fraction of sp³-hybridized carbons (Fsp3) is 0. The van der Waals surface area contributed by atoms with Gasteiger partial charge in [-0.2, -0.15) is 0 Å². The van der Waals surface area contributed by atoms with Gasteiger partial charge in [-0.25, -0.2) is 23.1 Å². The lowest BCUT2D eigenvalue weighted by Gasteiger charge is -2.04. The van der Waals surface area contributed by atoms with Crippen LogP contribution in [-0.4, -0.2) is 33.2 Å². The summed E-state index contributed by atoms with van der Waals surface area (Å²) in [6, 6.07) is 11.0. The van der Waals surface area contributed by atoms with E-state index in [4.69, 9.17) is 0 Å². The zero-order chi connectivity index (χ0) is 16.6. The van der Waals surface area contributed by atoms with Crippen LogP contribution < -0.4 is 4.72 Å². The average molecular weight is 340 g/mol. The van der Waals surface area contributed by atoms with E-state index in [0.717, 1.165) is 5.69 Å². The predicted molar refractivity (Wildman–Crippen MR) is 88.3 cm³/mol. The topological polar surface area (TPSA) is 106 Å². The third kappa shape index (κ3) is 2.50. The maximum absolute atomic E-state index is 12.6. The van der Waals surface area contributed by atoms with Gasteiger partial charge in [-0.1, -0.05) is 18.2 Å². The second-order valence-corrected chi connectivity index (χ2v) is 6.68. The first-order chi connectivity index (χ1) is 11.6. The minimum Gasteiger partial charge on any atom is -0.345 e. The molecule has 8 nitrogen and oxygen atoms in total. The van der Waals surface area contributed by atoms with E-state index in [9.17, 15) is 8.42 Å².